The molecule has 0 N–H and O–H groups in total. The number of aromatic nitrogens is 2. The van der Waals surface area contributed by atoms with E-state index in [2.05, 4.69) is 41.1 Å². The van der Waals surface area contributed by atoms with Gasteiger partial charge in [0.2, 0.25) is 0 Å². The smallest absolute Gasteiger partial charge is 0.274 e. The highest BCUT2D eigenvalue weighted by Gasteiger charge is 2.24. The van der Waals surface area contributed by atoms with Gasteiger partial charge in [0.15, 0.2) is 0 Å². The van der Waals surface area contributed by atoms with Crippen molar-refractivity contribution in [3.05, 3.63) is 65.6 Å². The maximum Gasteiger partial charge on any atom is 0.274 e. The van der Waals surface area contributed by atoms with Crippen molar-refractivity contribution in [3.8, 4) is 0 Å². The average Bonchev–Trinajstić information content (AvgIpc) is 3.04. The van der Waals surface area contributed by atoms with E-state index in [0.717, 1.165) is 37.4 Å². The summed E-state index contributed by atoms with van der Waals surface area (Å²) in [5.74, 6) is 0.0187. The van der Waals surface area contributed by atoms with Gasteiger partial charge < -0.3 is 14.2 Å². The van der Waals surface area contributed by atoms with Gasteiger partial charge in [-0.15, -0.1) is 0 Å². The molecule has 0 aliphatic carbocycles. The van der Waals surface area contributed by atoms with E-state index in [-0.39, 0.29) is 5.91 Å². The first-order chi connectivity index (χ1) is 12.1. The molecule has 2 aromatic heterocycles. The first-order valence-electron chi connectivity index (χ1n) is 8.66. The van der Waals surface area contributed by atoms with Gasteiger partial charge in [-0.1, -0.05) is 18.2 Å². The fraction of sp³-hybridized carbons (Fsp3) is 0.300. The Bertz CT molecular complexity index is 922. The van der Waals surface area contributed by atoms with Crippen molar-refractivity contribution in [1.82, 2.24) is 14.3 Å². The molecule has 0 saturated carbocycles. The molecule has 0 radical (unpaired) electrons. The maximum atomic E-state index is 12.8. The molecule has 0 bridgehead atoms. The minimum atomic E-state index is 0.0187. The number of benzene rings is 1. The maximum absolute atomic E-state index is 12.8. The molecule has 0 spiro atoms. The lowest BCUT2D eigenvalue weighted by Gasteiger charge is -2.36. The molecular formula is C20H22N4O. The van der Waals surface area contributed by atoms with E-state index in [9.17, 15) is 4.79 Å². The monoisotopic (exact) mass is 334 g/mol. The van der Waals surface area contributed by atoms with Crippen LogP contribution in [0.15, 0.2) is 48.8 Å². The number of anilines is 1. The zero-order valence-corrected chi connectivity index (χ0v) is 14.6. The summed E-state index contributed by atoms with van der Waals surface area (Å²) in [7, 11) is 0. The average molecular weight is 334 g/mol. The number of hydrogen-bond acceptors (Lipinski definition) is 3. The van der Waals surface area contributed by atoms with Gasteiger partial charge in [0.25, 0.3) is 5.91 Å². The summed E-state index contributed by atoms with van der Waals surface area (Å²) >= 11 is 0. The Labute approximate surface area is 147 Å². The topological polar surface area (TPSA) is 40.9 Å². The van der Waals surface area contributed by atoms with Gasteiger partial charge in [0.05, 0.1) is 0 Å². The summed E-state index contributed by atoms with van der Waals surface area (Å²) in [6, 6.07) is 12.5. The molecule has 0 unspecified atom stereocenters. The van der Waals surface area contributed by atoms with Crippen molar-refractivity contribution >= 4 is 17.2 Å². The van der Waals surface area contributed by atoms with Crippen LogP contribution in [0.1, 0.15) is 21.6 Å². The normalized spacial score (nSPS) is 15.0. The van der Waals surface area contributed by atoms with Crippen LogP contribution in [0.5, 0.6) is 0 Å². The van der Waals surface area contributed by atoms with Gasteiger partial charge in [-0.2, -0.15) is 0 Å². The third-order valence-electron chi connectivity index (χ3n) is 4.75. The van der Waals surface area contributed by atoms with Crippen LogP contribution in [0.3, 0.4) is 0 Å². The number of nitrogens with zero attached hydrogens (tertiary/aromatic N) is 4. The Balaban J connectivity index is 1.47. The van der Waals surface area contributed by atoms with Crippen LogP contribution in [0, 0.1) is 13.8 Å². The third-order valence-corrected chi connectivity index (χ3v) is 4.75. The summed E-state index contributed by atoms with van der Waals surface area (Å²) < 4.78 is 1.92. The molecule has 1 aliphatic rings. The second-order valence-electron chi connectivity index (χ2n) is 6.72. The molecule has 1 amide bonds. The second-order valence-corrected chi connectivity index (χ2v) is 6.72. The molecule has 4 rings (SSSR count). The Morgan fingerprint density at radius 2 is 1.76 bits per heavy atom. The van der Waals surface area contributed by atoms with Crippen LogP contribution in [0.2, 0.25) is 0 Å². The summed E-state index contributed by atoms with van der Waals surface area (Å²) in [5, 5.41) is 0. The van der Waals surface area contributed by atoms with Crippen LogP contribution in [-0.4, -0.2) is 46.4 Å². The predicted octanol–water partition coefficient (Wildman–Crippen LogP) is 2.91. The van der Waals surface area contributed by atoms with E-state index in [1.165, 1.54) is 11.3 Å². The van der Waals surface area contributed by atoms with Gasteiger partial charge in [-0.3, -0.25) is 4.79 Å². The van der Waals surface area contributed by atoms with Crippen molar-refractivity contribution in [2.75, 3.05) is 31.1 Å². The number of carbonyl (C=O) groups is 1. The number of pyridine rings is 1. The van der Waals surface area contributed by atoms with Crippen molar-refractivity contribution in [1.29, 1.82) is 0 Å². The number of piperazine rings is 1. The van der Waals surface area contributed by atoms with Crippen molar-refractivity contribution in [2.24, 2.45) is 0 Å². The molecule has 1 aliphatic heterocycles. The molecule has 0 atom stereocenters. The molecular weight excluding hydrogens is 312 g/mol. The molecule has 3 aromatic rings. The SMILES string of the molecule is Cc1cccc(N2CCN(C(=O)c3cn4cc(C)ccc4n3)CC2)c1. The second kappa shape index (κ2) is 6.24. The Kier molecular flexibility index (Phi) is 3.92. The number of imidazole rings is 1. The van der Waals surface area contributed by atoms with Crippen molar-refractivity contribution < 1.29 is 4.79 Å². The third kappa shape index (κ3) is 3.09. The minimum Gasteiger partial charge on any atom is -0.368 e. The fourth-order valence-electron chi connectivity index (χ4n) is 3.36. The molecule has 5 nitrogen and oxygen atoms in total. The summed E-state index contributed by atoms with van der Waals surface area (Å²) in [6.07, 6.45) is 3.83. The number of hydrogen-bond donors (Lipinski definition) is 0. The minimum absolute atomic E-state index is 0.0187. The zero-order valence-electron chi connectivity index (χ0n) is 14.6. The highest BCUT2D eigenvalue weighted by Crippen LogP contribution is 2.19. The number of carbonyl (C=O) groups excluding carboxylic acids is 1. The lowest BCUT2D eigenvalue weighted by Crippen LogP contribution is -2.48. The molecule has 1 saturated heterocycles. The first-order valence-corrected chi connectivity index (χ1v) is 8.66. The van der Waals surface area contributed by atoms with E-state index in [0.29, 0.717) is 5.69 Å². The van der Waals surface area contributed by atoms with Crippen molar-refractivity contribution in [3.63, 3.8) is 0 Å². The Morgan fingerprint density at radius 3 is 2.52 bits per heavy atom. The van der Waals surface area contributed by atoms with Gasteiger partial charge in [-0.25, -0.2) is 4.98 Å². The van der Waals surface area contributed by atoms with E-state index in [4.69, 9.17) is 0 Å². The highest BCUT2D eigenvalue weighted by atomic mass is 16.2. The first kappa shape index (κ1) is 15.7. The van der Waals surface area contributed by atoms with Crippen LogP contribution in [0.4, 0.5) is 5.69 Å². The lowest BCUT2D eigenvalue weighted by molar-refractivity contribution is 0.0741. The summed E-state index contributed by atoms with van der Waals surface area (Å²) in [4.78, 5) is 21.5. The molecule has 128 valence electrons. The number of rotatable bonds is 2. The van der Waals surface area contributed by atoms with E-state index in [1.807, 2.05) is 40.8 Å². The largest absolute Gasteiger partial charge is 0.368 e. The van der Waals surface area contributed by atoms with Crippen LogP contribution in [-0.2, 0) is 0 Å². The van der Waals surface area contributed by atoms with Gasteiger partial charge in [0.1, 0.15) is 11.3 Å². The van der Waals surface area contributed by atoms with Gasteiger partial charge in [0, 0.05) is 44.3 Å². The van der Waals surface area contributed by atoms with Crippen LogP contribution >= 0.6 is 0 Å². The highest BCUT2D eigenvalue weighted by molar-refractivity contribution is 5.93. The standard InChI is InChI=1S/C20H22N4O/c1-15-4-3-5-17(12-15)22-8-10-23(11-9-22)20(25)18-14-24-13-16(2)6-7-19(24)21-18/h3-7,12-14H,8-11H2,1-2H3. The van der Waals surface area contributed by atoms with Gasteiger partial charge >= 0.3 is 0 Å². The number of fused-ring (bicyclic) bond motifs is 1. The van der Waals surface area contributed by atoms with E-state index < -0.39 is 0 Å². The number of amides is 1. The van der Waals surface area contributed by atoms with Crippen molar-refractivity contribution in [2.45, 2.75) is 13.8 Å². The molecule has 1 fully saturated rings. The summed E-state index contributed by atoms with van der Waals surface area (Å²) in [5.41, 5.74) is 4.98. The summed E-state index contributed by atoms with van der Waals surface area (Å²) in [6.45, 7) is 7.28. The molecule has 3 heterocycles. The Morgan fingerprint density at radius 1 is 0.960 bits per heavy atom. The fourth-order valence-corrected chi connectivity index (χ4v) is 3.36. The number of aryl methyl sites for hydroxylation is 2. The van der Waals surface area contributed by atoms with E-state index >= 15 is 0 Å². The zero-order chi connectivity index (χ0) is 17.4. The van der Waals surface area contributed by atoms with Crippen LogP contribution in [0.25, 0.3) is 5.65 Å². The Hall–Kier alpha value is -2.82. The molecule has 1 aromatic carbocycles. The lowest BCUT2D eigenvalue weighted by atomic mass is 10.2. The molecule has 5 heteroatoms. The van der Waals surface area contributed by atoms with E-state index in [1.54, 1.807) is 0 Å². The predicted molar refractivity (Wildman–Crippen MR) is 99.2 cm³/mol. The van der Waals surface area contributed by atoms with Crippen LogP contribution < -0.4 is 4.90 Å². The quantitative estimate of drug-likeness (QED) is 0.723. The van der Waals surface area contributed by atoms with Gasteiger partial charge in [-0.05, 0) is 43.2 Å². The molecule has 25 heavy (non-hydrogen) atoms.